The number of nitrogens with zero attached hydrogens (tertiary/aromatic N) is 1. The van der Waals surface area contributed by atoms with Crippen LogP contribution in [0.15, 0.2) is 30.9 Å². The Kier molecular flexibility index (Phi) is 6.66. The summed E-state index contributed by atoms with van der Waals surface area (Å²) in [6.45, 7) is 5.10. The maximum atomic E-state index is 11.9. The number of carbonyl (C=O) groups is 2. The zero-order valence-electron chi connectivity index (χ0n) is 14.0. The average Bonchev–Trinajstić information content (AvgIpc) is 3.13. The Bertz CT molecular complexity index is 595. The van der Waals surface area contributed by atoms with Gasteiger partial charge in [0.1, 0.15) is 0 Å². The summed E-state index contributed by atoms with van der Waals surface area (Å²) < 4.78 is 10.8. The van der Waals surface area contributed by atoms with Crippen LogP contribution in [0.2, 0.25) is 0 Å². The first-order valence-corrected chi connectivity index (χ1v) is 8.09. The molecular weight excluding hydrogens is 308 g/mol. The van der Waals surface area contributed by atoms with Gasteiger partial charge in [-0.15, -0.1) is 6.58 Å². The molecule has 0 aromatic heterocycles. The van der Waals surface area contributed by atoms with Crippen LogP contribution in [0, 0.1) is 0 Å². The number of ether oxygens (including phenoxy) is 2. The van der Waals surface area contributed by atoms with E-state index < -0.39 is 0 Å². The Hall–Kier alpha value is -2.50. The largest absolute Gasteiger partial charge is 0.493 e. The van der Waals surface area contributed by atoms with Gasteiger partial charge in [0.15, 0.2) is 18.1 Å². The molecule has 0 radical (unpaired) electrons. The van der Waals surface area contributed by atoms with Crippen molar-refractivity contribution in [3.63, 3.8) is 0 Å². The lowest BCUT2D eigenvalue weighted by atomic mass is 10.1. The molecule has 24 heavy (non-hydrogen) atoms. The van der Waals surface area contributed by atoms with Crippen LogP contribution in [0.3, 0.4) is 0 Å². The number of allylic oxidation sites excluding steroid dienone is 1. The van der Waals surface area contributed by atoms with Crippen LogP contribution in [0.25, 0.3) is 0 Å². The molecule has 1 aromatic rings. The molecule has 1 aliphatic rings. The van der Waals surface area contributed by atoms with Crippen molar-refractivity contribution < 1.29 is 19.1 Å². The van der Waals surface area contributed by atoms with E-state index in [-0.39, 0.29) is 25.0 Å². The first-order valence-electron chi connectivity index (χ1n) is 8.09. The number of rotatable bonds is 8. The molecule has 0 unspecified atom stereocenters. The van der Waals surface area contributed by atoms with Crippen LogP contribution in [0.1, 0.15) is 18.4 Å². The van der Waals surface area contributed by atoms with Crippen molar-refractivity contribution in [3.8, 4) is 11.5 Å². The summed E-state index contributed by atoms with van der Waals surface area (Å²) in [5.41, 5.74) is 1.05. The van der Waals surface area contributed by atoms with Gasteiger partial charge in [-0.2, -0.15) is 0 Å². The van der Waals surface area contributed by atoms with Gasteiger partial charge in [0.05, 0.1) is 13.7 Å². The first-order chi connectivity index (χ1) is 11.6. The van der Waals surface area contributed by atoms with Gasteiger partial charge < -0.3 is 19.7 Å². The molecule has 2 rings (SSSR count). The van der Waals surface area contributed by atoms with E-state index in [1.165, 1.54) is 0 Å². The molecule has 130 valence electrons. The minimum Gasteiger partial charge on any atom is -0.493 e. The highest BCUT2D eigenvalue weighted by Crippen LogP contribution is 2.28. The Balaban J connectivity index is 1.80. The average molecular weight is 332 g/mol. The molecule has 1 fully saturated rings. The summed E-state index contributed by atoms with van der Waals surface area (Å²) in [5.74, 6) is 0.675. The number of benzene rings is 1. The molecule has 0 saturated carbocycles. The van der Waals surface area contributed by atoms with Gasteiger partial charge >= 0.3 is 0 Å². The maximum absolute atomic E-state index is 11.9. The van der Waals surface area contributed by atoms with E-state index in [4.69, 9.17) is 9.47 Å². The smallest absolute Gasteiger partial charge is 0.258 e. The van der Waals surface area contributed by atoms with Gasteiger partial charge in [0.2, 0.25) is 5.91 Å². The second kappa shape index (κ2) is 8.96. The van der Waals surface area contributed by atoms with E-state index in [1.54, 1.807) is 24.2 Å². The molecule has 0 atom stereocenters. The molecule has 0 bridgehead atoms. The standard InChI is InChI=1S/C18H24N2O4/c1-3-6-14-7-8-15(16(11-14)23-2)24-13-17(21)19-12-18(22)20-9-4-5-10-20/h3,7-8,11H,1,4-6,9-10,12-13H2,2H3,(H,19,21). The lowest BCUT2D eigenvalue weighted by Gasteiger charge is -2.16. The van der Waals surface area contributed by atoms with E-state index in [0.717, 1.165) is 37.9 Å². The van der Waals surface area contributed by atoms with Crippen LogP contribution >= 0.6 is 0 Å². The van der Waals surface area contributed by atoms with Crippen LogP contribution in [-0.4, -0.2) is 50.1 Å². The second-order valence-electron chi connectivity index (χ2n) is 5.63. The molecule has 6 heteroatoms. The summed E-state index contributed by atoms with van der Waals surface area (Å²) in [4.78, 5) is 25.5. The fourth-order valence-corrected chi connectivity index (χ4v) is 2.57. The molecule has 1 heterocycles. The molecule has 1 N–H and O–H groups in total. The number of carbonyl (C=O) groups excluding carboxylic acids is 2. The third kappa shape index (κ3) is 5.01. The number of amides is 2. The Labute approximate surface area is 142 Å². The fourth-order valence-electron chi connectivity index (χ4n) is 2.57. The van der Waals surface area contributed by atoms with Crippen molar-refractivity contribution in [1.29, 1.82) is 0 Å². The lowest BCUT2D eigenvalue weighted by Crippen LogP contribution is -2.40. The number of methoxy groups -OCH3 is 1. The second-order valence-corrected chi connectivity index (χ2v) is 5.63. The predicted molar refractivity (Wildman–Crippen MR) is 91.2 cm³/mol. The van der Waals surface area contributed by atoms with Gasteiger partial charge in [-0.3, -0.25) is 9.59 Å². The third-order valence-electron chi connectivity index (χ3n) is 3.86. The van der Waals surface area contributed by atoms with Crippen molar-refractivity contribution in [3.05, 3.63) is 36.4 Å². The van der Waals surface area contributed by atoms with Crippen LogP contribution in [0.5, 0.6) is 11.5 Å². The molecular formula is C18H24N2O4. The number of likely N-dealkylation sites (tertiary alicyclic amines) is 1. The van der Waals surface area contributed by atoms with Gasteiger partial charge in [0.25, 0.3) is 5.91 Å². The summed E-state index contributed by atoms with van der Waals surface area (Å²) in [7, 11) is 1.55. The Morgan fingerprint density at radius 1 is 1.29 bits per heavy atom. The zero-order valence-corrected chi connectivity index (χ0v) is 14.0. The zero-order chi connectivity index (χ0) is 17.4. The van der Waals surface area contributed by atoms with E-state index in [2.05, 4.69) is 11.9 Å². The SMILES string of the molecule is C=CCc1ccc(OCC(=O)NCC(=O)N2CCCC2)c(OC)c1. The molecule has 1 aromatic carbocycles. The van der Waals surface area contributed by atoms with E-state index in [9.17, 15) is 9.59 Å². The summed E-state index contributed by atoms with van der Waals surface area (Å²) in [6, 6.07) is 5.51. The molecule has 2 amide bonds. The highest BCUT2D eigenvalue weighted by molar-refractivity contribution is 5.85. The normalized spacial score (nSPS) is 13.5. The van der Waals surface area contributed by atoms with E-state index in [0.29, 0.717) is 11.5 Å². The van der Waals surface area contributed by atoms with Crippen molar-refractivity contribution in [2.45, 2.75) is 19.3 Å². The van der Waals surface area contributed by atoms with E-state index >= 15 is 0 Å². The summed E-state index contributed by atoms with van der Waals surface area (Å²) in [5, 5.41) is 2.59. The molecule has 1 saturated heterocycles. The first kappa shape index (κ1) is 17.8. The molecule has 6 nitrogen and oxygen atoms in total. The third-order valence-corrected chi connectivity index (χ3v) is 3.86. The Morgan fingerprint density at radius 2 is 2.04 bits per heavy atom. The van der Waals surface area contributed by atoms with Crippen molar-refractivity contribution in [1.82, 2.24) is 10.2 Å². The van der Waals surface area contributed by atoms with Crippen molar-refractivity contribution >= 4 is 11.8 Å². The van der Waals surface area contributed by atoms with Gasteiger partial charge in [-0.25, -0.2) is 0 Å². The molecule has 0 spiro atoms. The van der Waals surface area contributed by atoms with Gasteiger partial charge in [-0.1, -0.05) is 12.1 Å². The number of hydrogen-bond donors (Lipinski definition) is 1. The van der Waals surface area contributed by atoms with E-state index in [1.807, 2.05) is 12.1 Å². The molecule has 1 aliphatic heterocycles. The highest BCUT2D eigenvalue weighted by Gasteiger charge is 2.18. The minimum absolute atomic E-state index is 0.0115. The van der Waals surface area contributed by atoms with Crippen LogP contribution < -0.4 is 14.8 Å². The summed E-state index contributed by atoms with van der Waals surface area (Å²) in [6.07, 6.45) is 4.60. The monoisotopic (exact) mass is 332 g/mol. The molecule has 0 aliphatic carbocycles. The van der Waals surface area contributed by atoms with Crippen molar-refractivity contribution in [2.24, 2.45) is 0 Å². The summed E-state index contributed by atoms with van der Waals surface area (Å²) >= 11 is 0. The topological polar surface area (TPSA) is 67.9 Å². The minimum atomic E-state index is -0.334. The highest BCUT2D eigenvalue weighted by atomic mass is 16.5. The van der Waals surface area contributed by atoms with Gasteiger partial charge in [-0.05, 0) is 37.0 Å². The van der Waals surface area contributed by atoms with Crippen LogP contribution in [-0.2, 0) is 16.0 Å². The number of nitrogens with one attached hydrogen (secondary N) is 1. The lowest BCUT2D eigenvalue weighted by molar-refractivity contribution is -0.132. The quantitative estimate of drug-likeness (QED) is 0.733. The number of hydrogen-bond acceptors (Lipinski definition) is 4. The van der Waals surface area contributed by atoms with Crippen molar-refractivity contribution in [2.75, 3.05) is 33.4 Å². The van der Waals surface area contributed by atoms with Gasteiger partial charge in [0, 0.05) is 13.1 Å². The fraction of sp³-hybridized carbons (Fsp3) is 0.444. The Morgan fingerprint density at radius 3 is 2.71 bits per heavy atom. The van der Waals surface area contributed by atoms with Crippen LogP contribution in [0.4, 0.5) is 0 Å². The maximum Gasteiger partial charge on any atom is 0.258 e. The predicted octanol–water partition coefficient (Wildman–Crippen LogP) is 1.54.